The van der Waals surface area contributed by atoms with Crippen LogP contribution < -0.4 is 4.74 Å². The summed E-state index contributed by atoms with van der Waals surface area (Å²) in [4.78, 5) is 24.0. The molecule has 3 aromatic rings. The van der Waals surface area contributed by atoms with Crippen LogP contribution in [0.2, 0.25) is 0 Å². The monoisotopic (exact) mass is 293 g/mol. The van der Waals surface area contributed by atoms with Crippen molar-refractivity contribution in [3.8, 4) is 5.75 Å². The molecule has 0 amide bonds. The van der Waals surface area contributed by atoms with Crippen molar-refractivity contribution in [2.75, 3.05) is 7.11 Å². The van der Waals surface area contributed by atoms with E-state index in [1.165, 1.54) is 18.4 Å². The molecular weight excluding hydrogens is 278 g/mol. The molecule has 1 aromatic carbocycles. The molecule has 1 aliphatic carbocycles. The van der Waals surface area contributed by atoms with E-state index in [0.717, 1.165) is 10.9 Å². The topological polar surface area (TPSA) is 67.9 Å². The fraction of sp³-hybridized carbons (Fsp3) is 0.235. The van der Waals surface area contributed by atoms with Crippen LogP contribution >= 0.6 is 0 Å². The van der Waals surface area contributed by atoms with Gasteiger partial charge in [0.25, 0.3) is 0 Å². The van der Waals surface area contributed by atoms with Crippen molar-refractivity contribution in [3.63, 3.8) is 0 Å². The molecule has 0 saturated heterocycles. The number of nitrogens with one attached hydrogen (secondary N) is 1. The Bertz CT molecular complexity index is 852. The highest BCUT2D eigenvalue weighted by molar-refractivity contribution is 6.07. The lowest BCUT2D eigenvalue weighted by Crippen LogP contribution is -2.07. The fourth-order valence-electron chi connectivity index (χ4n) is 2.76. The zero-order chi connectivity index (χ0) is 15.1. The number of carbonyl (C=O) groups is 1. The number of methoxy groups -OCH3 is 1. The number of hydrogen-bond acceptors (Lipinski definition) is 4. The second-order valence-electron chi connectivity index (χ2n) is 5.49. The maximum absolute atomic E-state index is 12.5. The first-order valence-corrected chi connectivity index (χ1v) is 7.29. The zero-order valence-electron chi connectivity index (χ0n) is 12.2. The van der Waals surface area contributed by atoms with Gasteiger partial charge in [-0.15, -0.1) is 0 Å². The van der Waals surface area contributed by atoms with Crippen LogP contribution in [0.15, 0.2) is 36.7 Å². The molecule has 0 bridgehead atoms. The van der Waals surface area contributed by atoms with E-state index in [1.54, 1.807) is 25.6 Å². The van der Waals surface area contributed by atoms with Gasteiger partial charge in [-0.2, -0.15) is 0 Å². The average Bonchev–Trinajstić information content (AvgIpc) is 3.26. The number of imidazole rings is 1. The molecule has 1 fully saturated rings. The number of benzene rings is 1. The van der Waals surface area contributed by atoms with Crippen molar-refractivity contribution in [1.29, 1.82) is 0 Å². The van der Waals surface area contributed by atoms with Crippen molar-refractivity contribution in [3.05, 3.63) is 53.7 Å². The van der Waals surface area contributed by atoms with Gasteiger partial charge < -0.3 is 9.72 Å². The quantitative estimate of drug-likeness (QED) is 0.751. The Labute approximate surface area is 127 Å². The van der Waals surface area contributed by atoms with Crippen molar-refractivity contribution in [2.45, 2.75) is 18.8 Å². The SMILES string of the molecule is COc1cc(C(=O)c2ncc[nH]2)nc2c(C3CC3)cccc12. The molecule has 1 saturated carbocycles. The number of fused-ring (bicyclic) bond motifs is 1. The van der Waals surface area contributed by atoms with Gasteiger partial charge in [0.15, 0.2) is 5.82 Å². The van der Waals surface area contributed by atoms with E-state index < -0.39 is 0 Å². The zero-order valence-corrected chi connectivity index (χ0v) is 12.2. The average molecular weight is 293 g/mol. The predicted octanol–water partition coefficient (Wildman–Crippen LogP) is 3.07. The first-order valence-electron chi connectivity index (χ1n) is 7.29. The van der Waals surface area contributed by atoms with E-state index in [9.17, 15) is 4.79 Å². The lowest BCUT2D eigenvalue weighted by atomic mass is 10.0. The summed E-state index contributed by atoms with van der Waals surface area (Å²) in [7, 11) is 1.61. The van der Waals surface area contributed by atoms with Crippen LogP contribution in [-0.4, -0.2) is 27.8 Å². The number of carbonyl (C=O) groups excluding carboxylic acids is 1. The minimum Gasteiger partial charge on any atom is -0.496 e. The van der Waals surface area contributed by atoms with Crippen LogP contribution in [0.3, 0.4) is 0 Å². The van der Waals surface area contributed by atoms with E-state index in [1.807, 2.05) is 12.1 Å². The summed E-state index contributed by atoms with van der Waals surface area (Å²) in [6, 6.07) is 7.78. The Morgan fingerprint density at radius 1 is 1.36 bits per heavy atom. The highest BCUT2D eigenvalue weighted by atomic mass is 16.5. The lowest BCUT2D eigenvalue weighted by Gasteiger charge is -2.10. The summed E-state index contributed by atoms with van der Waals surface area (Å²) >= 11 is 0. The third-order valence-electron chi connectivity index (χ3n) is 4.02. The third kappa shape index (κ3) is 2.06. The highest BCUT2D eigenvalue weighted by Gasteiger charge is 2.27. The minimum absolute atomic E-state index is 0.226. The van der Waals surface area contributed by atoms with E-state index in [-0.39, 0.29) is 11.6 Å². The summed E-state index contributed by atoms with van der Waals surface area (Å²) in [5.74, 6) is 1.28. The lowest BCUT2D eigenvalue weighted by molar-refractivity contribution is 0.102. The molecule has 1 aliphatic rings. The Morgan fingerprint density at radius 2 is 2.23 bits per heavy atom. The maximum atomic E-state index is 12.5. The molecule has 110 valence electrons. The normalized spacial score (nSPS) is 14.2. The molecule has 5 nitrogen and oxygen atoms in total. The van der Waals surface area contributed by atoms with Crippen LogP contribution in [0, 0.1) is 0 Å². The molecule has 2 aromatic heterocycles. The van der Waals surface area contributed by atoms with Gasteiger partial charge in [0.2, 0.25) is 5.78 Å². The predicted molar refractivity (Wildman–Crippen MR) is 82.3 cm³/mol. The maximum Gasteiger partial charge on any atom is 0.246 e. The Kier molecular flexibility index (Phi) is 2.92. The van der Waals surface area contributed by atoms with Gasteiger partial charge in [0, 0.05) is 23.8 Å². The summed E-state index contributed by atoms with van der Waals surface area (Å²) in [6.07, 6.45) is 5.54. The molecule has 4 rings (SSSR count). The van der Waals surface area contributed by atoms with E-state index in [0.29, 0.717) is 17.4 Å². The molecular formula is C17H15N3O2. The summed E-state index contributed by atoms with van der Waals surface area (Å²) in [6.45, 7) is 0. The highest BCUT2D eigenvalue weighted by Crippen LogP contribution is 2.43. The number of rotatable bonds is 4. The van der Waals surface area contributed by atoms with Crippen LogP contribution in [0.5, 0.6) is 5.75 Å². The van der Waals surface area contributed by atoms with Crippen molar-refractivity contribution < 1.29 is 9.53 Å². The van der Waals surface area contributed by atoms with Gasteiger partial charge in [-0.05, 0) is 30.4 Å². The molecule has 0 radical (unpaired) electrons. The Hall–Kier alpha value is -2.69. The van der Waals surface area contributed by atoms with Gasteiger partial charge >= 0.3 is 0 Å². The summed E-state index contributed by atoms with van der Waals surface area (Å²) < 4.78 is 5.47. The Morgan fingerprint density at radius 3 is 2.91 bits per heavy atom. The molecule has 5 heteroatoms. The van der Waals surface area contributed by atoms with Gasteiger partial charge in [0.05, 0.1) is 12.6 Å². The number of ether oxygens (including phenoxy) is 1. The van der Waals surface area contributed by atoms with Crippen LogP contribution in [0.25, 0.3) is 10.9 Å². The van der Waals surface area contributed by atoms with Gasteiger partial charge in [0.1, 0.15) is 11.4 Å². The van der Waals surface area contributed by atoms with Crippen molar-refractivity contribution >= 4 is 16.7 Å². The van der Waals surface area contributed by atoms with Crippen LogP contribution in [0.4, 0.5) is 0 Å². The number of ketones is 1. The third-order valence-corrected chi connectivity index (χ3v) is 4.02. The minimum atomic E-state index is -0.226. The number of para-hydroxylation sites is 1. The molecule has 0 atom stereocenters. The fourth-order valence-corrected chi connectivity index (χ4v) is 2.76. The summed E-state index contributed by atoms with van der Waals surface area (Å²) in [5, 5.41) is 0.947. The molecule has 0 unspecified atom stereocenters. The molecule has 1 N–H and O–H groups in total. The van der Waals surface area contributed by atoms with E-state index >= 15 is 0 Å². The number of aromatic nitrogens is 3. The molecule has 0 aliphatic heterocycles. The molecule has 0 spiro atoms. The second-order valence-corrected chi connectivity index (χ2v) is 5.49. The Balaban J connectivity index is 1.93. The molecule has 22 heavy (non-hydrogen) atoms. The van der Waals surface area contributed by atoms with Gasteiger partial charge in [-0.1, -0.05) is 12.1 Å². The number of nitrogens with zero attached hydrogens (tertiary/aromatic N) is 2. The number of hydrogen-bond donors (Lipinski definition) is 1. The summed E-state index contributed by atoms with van der Waals surface area (Å²) in [5.41, 5.74) is 2.41. The first kappa shape index (κ1) is 13.0. The van der Waals surface area contributed by atoms with Crippen molar-refractivity contribution in [1.82, 2.24) is 15.0 Å². The number of pyridine rings is 1. The van der Waals surface area contributed by atoms with E-state index in [4.69, 9.17) is 4.74 Å². The second kappa shape index (κ2) is 4.94. The first-order chi connectivity index (χ1) is 10.8. The van der Waals surface area contributed by atoms with Crippen LogP contribution in [-0.2, 0) is 0 Å². The number of H-pyrrole nitrogens is 1. The molecule has 2 heterocycles. The smallest absolute Gasteiger partial charge is 0.246 e. The number of aromatic amines is 1. The largest absolute Gasteiger partial charge is 0.496 e. The standard InChI is InChI=1S/C17H15N3O2/c1-22-14-9-13(16(21)17-18-7-8-19-17)20-15-11(10-5-6-10)3-2-4-12(14)15/h2-4,7-10H,5-6H2,1H3,(H,18,19). The van der Waals surface area contributed by atoms with Gasteiger partial charge in [-0.3, -0.25) is 4.79 Å². The van der Waals surface area contributed by atoms with Gasteiger partial charge in [-0.25, -0.2) is 9.97 Å². The van der Waals surface area contributed by atoms with Crippen LogP contribution in [0.1, 0.15) is 40.6 Å². The van der Waals surface area contributed by atoms with E-state index in [2.05, 4.69) is 21.0 Å². The van der Waals surface area contributed by atoms with Crippen molar-refractivity contribution in [2.24, 2.45) is 0 Å².